The van der Waals surface area contributed by atoms with Crippen molar-refractivity contribution in [3.05, 3.63) is 191 Å². The smallest absolute Gasteiger partial charge is 0.132 e. The molecule has 0 spiro atoms. The number of fused-ring (bicyclic) bond motifs is 6. The minimum absolute atomic E-state index is 0.155. The van der Waals surface area contributed by atoms with Gasteiger partial charge < -0.3 is 4.74 Å². The Labute approximate surface area is 264 Å². The van der Waals surface area contributed by atoms with Gasteiger partial charge in [0.25, 0.3) is 0 Å². The van der Waals surface area contributed by atoms with Crippen molar-refractivity contribution in [3.63, 3.8) is 0 Å². The minimum Gasteiger partial charge on any atom is -0.457 e. The van der Waals surface area contributed by atoms with Gasteiger partial charge in [-0.25, -0.2) is 0 Å². The Morgan fingerprint density at radius 3 is 1.76 bits per heavy atom. The third kappa shape index (κ3) is 3.61. The van der Waals surface area contributed by atoms with E-state index in [-0.39, 0.29) is 5.41 Å². The Hall–Kier alpha value is -5.40. The Kier molecular flexibility index (Phi) is 5.53. The molecule has 0 radical (unpaired) electrons. The molecule has 1 aliphatic carbocycles. The molecule has 1 heteroatoms. The van der Waals surface area contributed by atoms with Crippen LogP contribution in [0.25, 0.3) is 33.0 Å². The molecule has 214 valence electrons. The summed E-state index contributed by atoms with van der Waals surface area (Å²) in [5, 5.41) is 2.52. The lowest BCUT2D eigenvalue weighted by Crippen LogP contribution is -2.29. The quantitative estimate of drug-likeness (QED) is 0.203. The Balaban J connectivity index is 1.34. The molecular weight excluding hydrogens is 544 g/mol. The van der Waals surface area contributed by atoms with Crippen molar-refractivity contribution in [2.75, 3.05) is 0 Å². The molecule has 1 heterocycles. The van der Waals surface area contributed by atoms with E-state index in [1.165, 1.54) is 60.8 Å². The maximum Gasteiger partial charge on any atom is 0.132 e. The lowest BCUT2D eigenvalue weighted by molar-refractivity contribution is 0.418. The molecule has 7 aromatic carbocycles. The third-order valence-corrected chi connectivity index (χ3v) is 10.2. The van der Waals surface area contributed by atoms with Gasteiger partial charge in [-0.1, -0.05) is 147 Å². The second-order valence-corrected chi connectivity index (χ2v) is 12.9. The second kappa shape index (κ2) is 9.55. The zero-order valence-corrected chi connectivity index (χ0v) is 25.4. The predicted octanol–water partition coefficient (Wildman–Crippen LogP) is 11.3. The molecule has 7 aromatic rings. The van der Waals surface area contributed by atoms with Crippen LogP contribution in [0.15, 0.2) is 158 Å². The zero-order chi connectivity index (χ0) is 30.2. The number of para-hydroxylation sites is 1. The third-order valence-electron chi connectivity index (χ3n) is 10.2. The summed E-state index contributed by atoms with van der Waals surface area (Å²) in [4.78, 5) is 0. The molecule has 1 unspecified atom stereocenters. The fourth-order valence-corrected chi connectivity index (χ4v) is 8.10. The summed E-state index contributed by atoms with van der Waals surface area (Å²) < 4.78 is 6.61. The van der Waals surface area contributed by atoms with Crippen LogP contribution < -0.4 is 4.74 Å². The van der Waals surface area contributed by atoms with Crippen LogP contribution in [0.4, 0.5) is 0 Å². The number of benzene rings is 7. The van der Waals surface area contributed by atoms with Gasteiger partial charge in [-0.3, -0.25) is 0 Å². The molecule has 0 fully saturated rings. The Bertz CT molecular complexity index is 2280. The molecule has 0 N–H and O–H groups in total. The zero-order valence-electron chi connectivity index (χ0n) is 25.4. The van der Waals surface area contributed by atoms with Gasteiger partial charge in [0.1, 0.15) is 11.5 Å². The van der Waals surface area contributed by atoms with Crippen molar-refractivity contribution in [3.8, 4) is 33.8 Å². The molecule has 0 bridgehead atoms. The van der Waals surface area contributed by atoms with E-state index in [0.29, 0.717) is 0 Å². The molecular formula is C44H32O. The van der Waals surface area contributed by atoms with Crippen molar-refractivity contribution in [1.29, 1.82) is 0 Å². The van der Waals surface area contributed by atoms with Crippen molar-refractivity contribution in [2.24, 2.45) is 0 Å². The summed E-state index contributed by atoms with van der Waals surface area (Å²) in [7, 11) is 0. The van der Waals surface area contributed by atoms with E-state index in [1.807, 2.05) is 0 Å². The Morgan fingerprint density at radius 1 is 0.400 bits per heavy atom. The number of ether oxygens (including phenoxy) is 1. The summed E-state index contributed by atoms with van der Waals surface area (Å²) in [6.07, 6.45) is 0. The van der Waals surface area contributed by atoms with Gasteiger partial charge in [0.05, 0.1) is 5.41 Å². The minimum atomic E-state index is -0.504. The maximum absolute atomic E-state index is 6.61. The van der Waals surface area contributed by atoms with Gasteiger partial charge in [-0.2, -0.15) is 0 Å². The van der Waals surface area contributed by atoms with E-state index >= 15 is 0 Å². The van der Waals surface area contributed by atoms with E-state index in [9.17, 15) is 0 Å². The van der Waals surface area contributed by atoms with Gasteiger partial charge in [-0.15, -0.1) is 0 Å². The molecule has 45 heavy (non-hydrogen) atoms. The molecule has 1 aliphatic heterocycles. The van der Waals surface area contributed by atoms with E-state index in [0.717, 1.165) is 17.1 Å². The monoisotopic (exact) mass is 576 g/mol. The molecule has 1 nitrogen and oxygen atoms in total. The normalized spacial score (nSPS) is 17.1. The van der Waals surface area contributed by atoms with Crippen LogP contribution in [0, 0.1) is 0 Å². The van der Waals surface area contributed by atoms with E-state index in [4.69, 9.17) is 4.74 Å². The first-order chi connectivity index (χ1) is 22.1. The summed E-state index contributed by atoms with van der Waals surface area (Å²) >= 11 is 0. The SMILES string of the molecule is CC1(C)c2ccccc2Oc2cc(-c3ccccc3C3(c4ccccc4)c4ccccc4-c4cc5ccccc5cc43)ccc21. The summed E-state index contributed by atoms with van der Waals surface area (Å²) in [5.74, 6) is 1.87. The van der Waals surface area contributed by atoms with Crippen LogP contribution in [0.5, 0.6) is 11.5 Å². The highest BCUT2D eigenvalue weighted by Crippen LogP contribution is 2.59. The fraction of sp³-hybridized carbons (Fsp3) is 0.0909. The first kappa shape index (κ1) is 26.0. The van der Waals surface area contributed by atoms with Crippen molar-refractivity contribution in [2.45, 2.75) is 24.7 Å². The van der Waals surface area contributed by atoms with Gasteiger partial charge >= 0.3 is 0 Å². The van der Waals surface area contributed by atoms with Gasteiger partial charge in [0.15, 0.2) is 0 Å². The highest BCUT2D eigenvalue weighted by Gasteiger charge is 2.47. The van der Waals surface area contributed by atoms with Gasteiger partial charge in [0, 0.05) is 16.5 Å². The van der Waals surface area contributed by atoms with E-state index in [1.54, 1.807) is 0 Å². The van der Waals surface area contributed by atoms with Crippen molar-refractivity contribution < 1.29 is 4.74 Å². The molecule has 1 atom stereocenters. The topological polar surface area (TPSA) is 9.23 Å². The largest absolute Gasteiger partial charge is 0.457 e. The van der Waals surface area contributed by atoms with Crippen LogP contribution in [0.3, 0.4) is 0 Å². The van der Waals surface area contributed by atoms with Crippen LogP contribution in [-0.2, 0) is 10.8 Å². The number of hydrogen-bond donors (Lipinski definition) is 0. The lowest BCUT2D eigenvalue weighted by atomic mass is 9.65. The first-order valence-corrected chi connectivity index (χ1v) is 15.8. The molecule has 0 aromatic heterocycles. The van der Waals surface area contributed by atoms with E-state index in [2.05, 4.69) is 172 Å². The average Bonchev–Trinajstić information content (AvgIpc) is 3.37. The van der Waals surface area contributed by atoms with Crippen LogP contribution in [0.1, 0.15) is 47.2 Å². The molecule has 9 rings (SSSR count). The van der Waals surface area contributed by atoms with Crippen molar-refractivity contribution >= 4 is 10.8 Å². The standard InChI is InChI=1S/C44H32O/c1-43(2)38-22-12-13-23-41(38)45-42-28-31(24-25-39(42)43)33-18-8-10-20-36(33)44(32-16-4-3-5-17-32)37-21-11-9-19-34(37)35-26-29-14-6-7-15-30(29)27-40(35)44/h3-28H,1-2H3. The number of rotatable bonds is 3. The fourth-order valence-electron chi connectivity index (χ4n) is 8.10. The van der Waals surface area contributed by atoms with Gasteiger partial charge in [-0.05, 0) is 79.5 Å². The highest BCUT2D eigenvalue weighted by atomic mass is 16.5. The molecule has 0 saturated heterocycles. The summed E-state index contributed by atoms with van der Waals surface area (Å²) in [6.45, 7) is 4.59. The average molecular weight is 577 g/mol. The maximum atomic E-state index is 6.61. The van der Waals surface area contributed by atoms with Crippen LogP contribution in [0.2, 0.25) is 0 Å². The van der Waals surface area contributed by atoms with Crippen molar-refractivity contribution in [1.82, 2.24) is 0 Å². The van der Waals surface area contributed by atoms with Crippen LogP contribution in [-0.4, -0.2) is 0 Å². The molecule has 2 aliphatic rings. The summed E-state index contributed by atoms with van der Waals surface area (Å²) in [5.41, 5.74) is 11.9. The first-order valence-electron chi connectivity index (χ1n) is 15.8. The van der Waals surface area contributed by atoms with Crippen LogP contribution >= 0.6 is 0 Å². The lowest BCUT2D eigenvalue weighted by Gasteiger charge is -2.36. The molecule has 0 amide bonds. The highest BCUT2D eigenvalue weighted by molar-refractivity contribution is 5.96. The second-order valence-electron chi connectivity index (χ2n) is 12.9. The summed E-state index contributed by atoms with van der Waals surface area (Å²) in [6, 6.07) is 57.8. The predicted molar refractivity (Wildman–Crippen MR) is 185 cm³/mol. The van der Waals surface area contributed by atoms with E-state index < -0.39 is 5.41 Å². The number of hydrogen-bond acceptors (Lipinski definition) is 1. The Morgan fingerprint density at radius 2 is 0.978 bits per heavy atom. The van der Waals surface area contributed by atoms with Gasteiger partial charge in [0.2, 0.25) is 0 Å². The molecule has 0 saturated carbocycles.